The normalized spacial score (nSPS) is 15.1. The smallest absolute Gasteiger partial charge is 0.221 e. The standard InChI is InChI=1S/C10H15N3OS2/c1-6-9(16-10(11)12-6)15-5-4-8(14)13-7-2-3-7/h7H,2-5H2,1H3,(H2,11,12)(H,13,14). The van der Waals surface area contributed by atoms with Crippen LogP contribution in [0.15, 0.2) is 4.21 Å². The minimum absolute atomic E-state index is 0.158. The van der Waals surface area contributed by atoms with Gasteiger partial charge in [0.25, 0.3) is 0 Å². The van der Waals surface area contributed by atoms with Crippen molar-refractivity contribution in [1.82, 2.24) is 10.3 Å². The predicted molar refractivity (Wildman–Crippen MR) is 67.8 cm³/mol. The van der Waals surface area contributed by atoms with Crippen molar-refractivity contribution in [3.8, 4) is 0 Å². The average molecular weight is 257 g/mol. The summed E-state index contributed by atoms with van der Waals surface area (Å²) in [5, 5.41) is 3.57. The molecule has 4 nitrogen and oxygen atoms in total. The third-order valence-electron chi connectivity index (χ3n) is 2.28. The predicted octanol–water partition coefficient (Wildman–Crippen LogP) is 1.79. The number of anilines is 1. The Morgan fingerprint density at radius 3 is 3.00 bits per heavy atom. The third kappa shape index (κ3) is 3.38. The Morgan fingerprint density at radius 2 is 2.44 bits per heavy atom. The van der Waals surface area contributed by atoms with Crippen LogP contribution in [0, 0.1) is 6.92 Å². The molecule has 1 heterocycles. The largest absolute Gasteiger partial charge is 0.375 e. The molecular weight excluding hydrogens is 242 g/mol. The number of hydrogen-bond acceptors (Lipinski definition) is 5. The summed E-state index contributed by atoms with van der Waals surface area (Å²) in [5.41, 5.74) is 6.57. The van der Waals surface area contributed by atoms with Crippen molar-refractivity contribution in [3.05, 3.63) is 5.69 Å². The van der Waals surface area contributed by atoms with E-state index in [0.29, 0.717) is 17.6 Å². The topological polar surface area (TPSA) is 68.0 Å². The van der Waals surface area contributed by atoms with E-state index in [1.807, 2.05) is 6.92 Å². The molecule has 1 aliphatic rings. The molecule has 0 spiro atoms. The maximum atomic E-state index is 11.4. The molecule has 0 aromatic carbocycles. The molecule has 16 heavy (non-hydrogen) atoms. The van der Waals surface area contributed by atoms with Crippen LogP contribution in [-0.4, -0.2) is 22.7 Å². The number of thioether (sulfide) groups is 1. The number of aromatic nitrogens is 1. The second kappa shape index (κ2) is 5.05. The van der Waals surface area contributed by atoms with Gasteiger partial charge in [-0.2, -0.15) is 0 Å². The van der Waals surface area contributed by atoms with E-state index in [0.717, 1.165) is 28.5 Å². The Hall–Kier alpha value is -0.750. The molecule has 1 aliphatic carbocycles. The van der Waals surface area contributed by atoms with E-state index in [9.17, 15) is 4.79 Å². The number of aryl methyl sites for hydroxylation is 1. The van der Waals surface area contributed by atoms with E-state index < -0.39 is 0 Å². The number of carbonyl (C=O) groups excluding carboxylic acids is 1. The summed E-state index contributed by atoms with van der Waals surface area (Å²) in [7, 11) is 0. The van der Waals surface area contributed by atoms with E-state index >= 15 is 0 Å². The van der Waals surface area contributed by atoms with Crippen LogP contribution in [0.25, 0.3) is 0 Å². The first kappa shape index (κ1) is 11.7. The van der Waals surface area contributed by atoms with E-state index in [4.69, 9.17) is 5.73 Å². The molecule has 0 radical (unpaired) electrons. The van der Waals surface area contributed by atoms with Gasteiger partial charge in [0.05, 0.1) is 9.90 Å². The van der Waals surface area contributed by atoms with Gasteiger partial charge in [0.15, 0.2) is 5.13 Å². The molecule has 88 valence electrons. The van der Waals surface area contributed by atoms with E-state index in [1.54, 1.807) is 11.8 Å². The minimum atomic E-state index is 0.158. The van der Waals surface area contributed by atoms with Gasteiger partial charge in [0.2, 0.25) is 5.91 Å². The molecule has 1 saturated carbocycles. The quantitative estimate of drug-likeness (QED) is 0.789. The molecular formula is C10H15N3OS2. The number of nitrogens with two attached hydrogens (primary N) is 1. The minimum Gasteiger partial charge on any atom is -0.375 e. The lowest BCUT2D eigenvalue weighted by Crippen LogP contribution is -2.25. The third-order valence-corrected chi connectivity index (χ3v) is 4.63. The summed E-state index contributed by atoms with van der Waals surface area (Å²) in [6.07, 6.45) is 2.85. The molecule has 2 rings (SSSR count). The van der Waals surface area contributed by atoms with E-state index in [1.165, 1.54) is 11.3 Å². The molecule has 0 aliphatic heterocycles. The molecule has 0 bridgehead atoms. The van der Waals surface area contributed by atoms with Crippen molar-refractivity contribution >= 4 is 34.1 Å². The van der Waals surface area contributed by atoms with E-state index in [-0.39, 0.29) is 5.91 Å². The average Bonchev–Trinajstić information content (AvgIpc) is 2.94. The molecule has 0 unspecified atom stereocenters. The molecule has 1 fully saturated rings. The zero-order valence-electron chi connectivity index (χ0n) is 9.16. The molecule has 1 aromatic heterocycles. The van der Waals surface area contributed by atoms with Gasteiger partial charge in [-0.05, 0) is 19.8 Å². The van der Waals surface area contributed by atoms with Gasteiger partial charge < -0.3 is 11.1 Å². The number of amides is 1. The van der Waals surface area contributed by atoms with Crippen LogP contribution in [0.2, 0.25) is 0 Å². The Morgan fingerprint density at radius 1 is 1.69 bits per heavy atom. The lowest BCUT2D eigenvalue weighted by atomic mass is 10.4. The SMILES string of the molecule is Cc1nc(N)sc1SCCC(=O)NC1CC1. The summed E-state index contributed by atoms with van der Waals surface area (Å²) in [6, 6.07) is 0.457. The van der Waals surface area contributed by atoms with Gasteiger partial charge in [0, 0.05) is 18.2 Å². The first-order chi connectivity index (χ1) is 7.65. The first-order valence-corrected chi connectivity index (χ1v) is 7.10. The van der Waals surface area contributed by atoms with Crippen molar-refractivity contribution in [2.24, 2.45) is 0 Å². The summed E-state index contributed by atoms with van der Waals surface area (Å²) in [6.45, 7) is 1.94. The molecule has 1 aromatic rings. The van der Waals surface area contributed by atoms with Crippen LogP contribution in [0.4, 0.5) is 5.13 Å². The molecule has 0 atom stereocenters. The van der Waals surface area contributed by atoms with Crippen molar-refractivity contribution < 1.29 is 4.79 Å². The van der Waals surface area contributed by atoms with Gasteiger partial charge in [-0.1, -0.05) is 11.3 Å². The van der Waals surface area contributed by atoms with E-state index in [2.05, 4.69) is 10.3 Å². The Bertz CT molecular complexity index is 387. The van der Waals surface area contributed by atoms with Crippen molar-refractivity contribution in [2.45, 2.75) is 36.4 Å². The van der Waals surface area contributed by atoms with Crippen LogP contribution in [-0.2, 0) is 4.79 Å². The number of carbonyl (C=O) groups is 1. The van der Waals surface area contributed by atoms with Crippen LogP contribution >= 0.6 is 23.1 Å². The summed E-state index contributed by atoms with van der Waals surface area (Å²) >= 11 is 3.15. The van der Waals surface area contributed by atoms with Crippen molar-refractivity contribution in [1.29, 1.82) is 0 Å². The van der Waals surface area contributed by atoms with Gasteiger partial charge in [-0.25, -0.2) is 4.98 Å². The number of nitrogens with zero attached hydrogens (tertiary/aromatic N) is 1. The molecule has 1 amide bonds. The van der Waals surface area contributed by atoms with Gasteiger partial charge in [0.1, 0.15) is 0 Å². The monoisotopic (exact) mass is 257 g/mol. The van der Waals surface area contributed by atoms with Gasteiger partial charge >= 0.3 is 0 Å². The number of thiazole rings is 1. The fourth-order valence-electron chi connectivity index (χ4n) is 1.30. The lowest BCUT2D eigenvalue weighted by Gasteiger charge is -2.02. The Kier molecular flexibility index (Phi) is 3.70. The number of nitrogens with one attached hydrogen (secondary N) is 1. The summed E-state index contributed by atoms with van der Waals surface area (Å²) < 4.78 is 1.12. The Labute approximate surface area is 103 Å². The van der Waals surface area contributed by atoms with Gasteiger partial charge in [-0.3, -0.25) is 4.79 Å². The highest BCUT2D eigenvalue weighted by molar-refractivity contribution is 8.01. The summed E-state index contributed by atoms with van der Waals surface area (Å²) in [5.74, 6) is 0.950. The van der Waals surface area contributed by atoms with Crippen molar-refractivity contribution in [3.63, 3.8) is 0 Å². The number of rotatable bonds is 5. The zero-order valence-corrected chi connectivity index (χ0v) is 10.8. The second-order valence-corrected chi connectivity index (χ2v) is 6.26. The molecule has 0 saturated heterocycles. The van der Waals surface area contributed by atoms with Gasteiger partial charge in [-0.15, -0.1) is 11.8 Å². The zero-order chi connectivity index (χ0) is 11.5. The lowest BCUT2D eigenvalue weighted by molar-refractivity contribution is -0.120. The highest BCUT2D eigenvalue weighted by atomic mass is 32.2. The number of nitrogen functional groups attached to an aromatic ring is 1. The molecule has 3 N–H and O–H groups in total. The maximum absolute atomic E-state index is 11.4. The summed E-state index contributed by atoms with van der Waals surface area (Å²) in [4.78, 5) is 15.6. The highest BCUT2D eigenvalue weighted by Crippen LogP contribution is 2.30. The fraction of sp³-hybridized carbons (Fsp3) is 0.600. The number of hydrogen-bond donors (Lipinski definition) is 2. The maximum Gasteiger partial charge on any atom is 0.221 e. The van der Waals surface area contributed by atoms with Crippen LogP contribution in [0.1, 0.15) is 25.0 Å². The Balaban J connectivity index is 1.70. The van der Waals surface area contributed by atoms with Crippen molar-refractivity contribution in [2.75, 3.05) is 11.5 Å². The molecule has 6 heteroatoms. The van der Waals surface area contributed by atoms with Crippen LogP contribution < -0.4 is 11.1 Å². The highest BCUT2D eigenvalue weighted by Gasteiger charge is 2.22. The first-order valence-electron chi connectivity index (χ1n) is 5.30. The van der Waals surface area contributed by atoms with Crippen LogP contribution in [0.5, 0.6) is 0 Å². The van der Waals surface area contributed by atoms with Crippen LogP contribution in [0.3, 0.4) is 0 Å². The fourth-order valence-corrected chi connectivity index (χ4v) is 3.34. The second-order valence-electron chi connectivity index (χ2n) is 3.87.